The number of nitrogens with one attached hydrogen (secondary N) is 2. The lowest BCUT2D eigenvalue weighted by molar-refractivity contribution is -0.140. The first-order chi connectivity index (χ1) is 15.2. The number of nitriles is 1. The second-order valence-corrected chi connectivity index (χ2v) is 8.58. The number of carbonyl (C=O) groups is 2. The summed E-state index contributed by atoms with van der Waals surface area (Å²) in [4.78, 5) is 33.8. The minimum absolute atomic E-state index is 0.0210. The number of nitrogens with zero attached hydrogens (tertiary/aromatic N) is 4. The molecule has 2 N–H and O–H groups in total. The Balaban J connectivity index is 1.40. The highest BCUT2D eigenvalue weighted by Gasteiger charge is 2.39. The minimum Gasteiger partial charge on any atom is -0.352 e. The fourth-order valence-corrected chi connectivity index (χ4v) is 4.50. The molecular formula is C23H30N6O2. The van der Waals surface area contributed by atoms with Crippen LogP contribution in [-0.2, 0) is 9.59 Å². The fourth-order valence-electron chi connectivity index (χ4n) is 4.50. The van der Waals surface area contributed by atoms with Gasteiger partial charge in [0.1, 0.15) is 6.04 Å². The zero-order valence-corrected chi connectivity index (χ0v) is 17.8. The lowest BCUT2D eigenvalue weighted by Crippen LogP contribution is -2.46. The Labute approximate surface area is 183 Å². The molecule has 2 amide bonds. The van der Waals surface area contributed by atoms with Crippen LogP contribution in [0.15, 0.2) is 35.3 Å². The fraction of sp³-hybridized carbons (Fsp3) is 0.565. The number of rotatable bonds is 5. The van der Waals surface area contributed by atoms with Crippen LogP contribution < -0.4 is 10.6 Å². The van der Waals surface area contributed by atoms with E-state index in [4.69, 9.17) is 5.26 Å². The van der Waals surface area contributed by atoms with Crippen LogP contribution >= 0.6 is 0 Å². The third-order valence-corrected chi connectivity index (χ3v) is 6.34. The van der Waals surface area contributed by atoms with E-state index in [-0.39, 0.29) is 24.4 Å². The van der Waals surface area contributed by atoms with E-state index in [1.807, 2.05) is 29.3 Å². The predicted octanol–water partition coefficient (Wildman–Crippen LogP) is 1.56. The zero-order chi connectivity index (χ0) is 21.6. The van der Waals surface area contributed by atoms with Crippen LogP contribution in [-0.4, -0.2) is 65.8 Å². The molecule has 0 spiro atoms. The van der Waals surface area contributed by atoms with E-state index in [1.165, 1.54) is 5.56 Å². The quantitative estimate of drug-likeness (QED) is 0.325. The molecule has 164 valence electrons. The van der Waals surface area contributed by atoms with E-state index in [2.05, 4.69) is 27.8 Å². The molecule has 0 radical (unpaired) electrons. The van der Waals surface area contributed by atoms with Gasteiger partial charge in [-0.15, -0.1) is 0 Å². The van der Waals surface area contributed by atoms with Gasteiger partial charge in [-0.25, -0.2) is 4.99 Å². The molecule has 3 fully saturated rings. The van der Waals surface area contributed by atoms with Crippen molar-refractivity contribution in [1.82, 2.24) is 20.4 Å². The number of hydrogen-bond donors (Lipinski definition) is 2. The maximum absolute atomic E-state index is 13.1. The van der Waals surface area contributed by atoms with Gasteiger partial charge in [-0.3, -0.25) is 14.9 Å². The van der Waals surface area contributed by atoms with Gasteiger partial charge in [0.2, 0.25) is 17.8 Å². The van der Waals surface area contributed by atoms with Gasteiger partial charge in [-0.2, -0.15) is 5.26 Å². The largest absolute Gasteiger partial charge is 0.352 e. The molecule has 4 rings (SSSR count). The van der Waals surface area contributed by atoms with E-state index in [1.54, 1.807) is 4.90 Å². The normalized spacial score (nSPS) is 26.2. The summed E-state index contributed by atoms with van der Waals surface area (Å²) in [6, 6.07) is 9.86. The Morgan fingerprint density at radius 3 is 2.61 bits per heavy atom. The average molecular weight is 423 g/mol. The third kappa shape index (κ3) is 5.35. The van der Waals surface area contributed by atoms with Crippen molar-refractivity contribution < 1.29 is 9.59 Å². The molecule has 31 heavy (non-hydrogen) atoms. The molecule has 3 atom stereocenters. The molecule has 8 nitrogen and oxygen atoms in total. The molecule has 3 aliphatic rings. The van der Waals surface area contributed by atoms with Gasteiger partial charge in [0.15, 0.2) is 6.19 Å². The maximum Gasteiger partial charge on any atom is 0.247 e. The highest BCUT2D eigenvalue weighted by molar-refractivity contribution is 5.91. The van der Waals surface area contributed by atoms with Crippen LogP contribution in [0.1, 0.15) is 50.0 Å². The Morgan fingerprint density at radius 1 is 1.13 bits per heavy atom. The van der Waals surface area contributed by atoms with Crippen molar-refractivity contribution in [2.45, 2.75) is 56.5 Å². The standard InChI is InChI=1S/C23H30N6O2/c24-16-25-23(27-20-14-18(20)17-8-2-1-3-9-17)26-19-10-4-5-13-29(22(19)31)15-21(30)28-11-6-7-12-28/h1-3,8-9,18-20H,4-7,10-15H2,(H2,25,26,27). The predicted molar refractivity (Wildman–Crippen MR) is 117 cm³/mol. The molecule has 2 heterocycles. The van der Waals surface area contributed by atoms with E-state index in [0.29, 0.717) is 24.8 Å². The van der Waals surface area contributed by atoms with Crippen molar-refractivity contribution in [2.24, 2.45) is 4.99 Å². The SMILES string of the molecule is N#CNC(=NC1CCCCN(CC(=O)N2CCCC2)C1=O)NC1CC1c1ccccc1. The molecular weight excluding hydrogens is 392 g/mol. The molecule has 0 aromatic heterocycles. The Kier molecular flexibility index (Phi) is 6.70. The average Bonchev–Trinajstić information content (AvgIpc) is 3.37. The first-order valence-corrected chi connectivity index (χ1v) is 11.3. The summed E-state index contributed by atoms with van der Waals surface area (Å²) in [5, 5.41) is 15.1. The summed E-state index contributed by atoms with van der Waals surface area (Å²) in [6.07, 6.45) is 7.31. The number of carbonyl (C=O) groups excluding carboxylic acids is 2. The highest BCUT2D eigenvalue weighted by atomic mass is 16.2. The van der Waals surface area contributed by atoms with E-state index in [9.17, 15) is 9.59 Å². The topological polar surface area (TPSA) is 101 Å². The smallest absolute Gasteiger partial charge is 0.247 e. The van der Waals surface area contributed by atoms with Gasteiger partial charge < -0.3 is 15.1 Å². The molecule has 8 heteroatoms. The van der Waals surface area contributed by atoms with Crippen molar-refractivity contribution in [3.63, 3.8) is 0 Å². The lowest BCUT2D eigenvalue weighted by atomic mass is 10.1. The van der Waals surface area contributed by atoms with Crippen molar-refractivity contribution in [2.75, 3.05) is 26.2 Å². The minimum atomic E-state index is -0.578. The number of guanidine groups is 1. The molecule has 0 bridgehead atoms. The summed E-state index contributed by atoms with van der Waals surface area (Å²) in [5.74, 6) is 0.621. The number of benzene rings is 1. The summed E-state index contributed by atoms with van der Waals surface area (Å²) < 4.78 is 0. The second kappa shape index (κ2) is 9.82. The molecule has 2 aliphatic heterocycles. The maximum atomic E-state index is 13.1. The lowest BCUT2D eigenvalue weighted by Gasteiger charge is -2.25. The van der Waals surface area contributed by atoms with Crippen molar-refractivity contribution in [1.29, 1.82) is 5.26 Å². The molecule has 1 aliphatic carbocycles. The zero-order valence-electron chi connectivity index (χ0n) is 17.8. The van der Waals surface area contributed by atoms with Crippen LogP contribution in [0.3, 0.4) is 0 Å². The summed E-state index contributed by atoms with van der Waals surface area (Å²) in [7, 11) is 0. The Hall–Kier alpha value is -3.08. The number of hydrogen-bond acceptors (Lipinski definition) is 4. The third-order valence-electron chi connectivity index (χ3n) is 6.34. The van der Waals surface area contributed by atoms with Crippen molar-refractivity contribution in [3.05, 3.63) is 35.9 Å². The highest BCUT2D eigenvalue weighted by Crippen LogP contribution is 2.40. The number of likely N-dealkylation sites (tertiary alicyclic amines) is 2. The van der Waals surface area contributed by atoms with Crippen molar-refractivity contribution in [3.8, 4) is 6.19 Å². The van der Waals surface area contributed by atoms with Gasteiger partial charge in [0, 0.05) is 31.6 Å². The van der Waals surface area contributed by atoms with E-state index in [0.717, 1.165) is 45.2 Å². The Morgan fingerprint density at radius 2 is 1.87 bits per heavy atom. The van der Waals surface area contributed by atoms with Crippen LogP contribution in [0, 0.1) is 11.5 Å². The molecule has 1 aromatic rings. The molecule has 2 saturated heterocycles. The van der Waals surface area contributed by atoms with Crippen molar-refractivity contribution >= 4 is 17.8 Å². The van der Waals surface area contributed by atoms with E-state index < -0.39 is 6.04 Å². The van der Waals surface area contributed by atoms with Crippen LogP contribution in [0.25, 0.3) is 0 Å². The van der Waals surface area contributed by atoms with E-state index >= 15 is 0 Å². The number of aliphatic imine (C=N–C) groups is 1. The van der Waals surface area contributed by atoms with Crippen LogP contribution in [0.5, 0.6) is 0 Å². The molecule has 1 saturated carbocycles. The van der Waals surface area contributed by atoms with Gasteiger partial charge in [-0.1, -0.05) is 30.3 Å². The van der Waals surface area contributed by atoms with Crippen LogP contribution in [0.2, 0.25) is 0 Å². The summed E-state index contributed by atoms with van der Waals surface area (Å²) >= 11 is 0. The second-order valence-electron chi connectivity index (χ2n) is 8.58. The van der Waals surface area contributed by atoms with Gasteiger partial charge >= 0.3 is 0 Å². The molecule has 1 aromatic carbocycles. The van der Waals surface area contributed by atoms with Crippen LogP contribution in [0.4, 0.5) is 0 Å². The summed E-state index contributed by atoms with van der Waals surface area (Å²) in [6.45, 7) is 2.27. The Bertz CT molecular complexity index is 859. The number of amides is 2. The van der Waals surface area contributed by atoms with Gasteiger partial charge in [0.25, 0.3) is 0 Å². The summed E-state index contributed by atoms with van der Waals surface area (Å²) in [5.41, 5.74) is 1.26. The first kappa shape index (κ1) is 21.2. The molecule has 3 unspecified atom stereocenters. The van der Waals surface area contributed by atoms with Gasteiger partial charge in [0.05, 0.1) is 6.54 Å². The monoisotopic (exact) mass is 422 g/mol. The first-order valence-electron chi connectivity index (χ1n) is 11.3. The van der Waals surface area contributed by atoms with Gasteiger partial charge in [-0.05, 0) is 44.1 Å².